The molecule has 0 saturated carbocycles. The fourth-order valence-electron chi connectivity index (χ4n) is 2.18. The number of halogens is 3. The van der Waals surface area contributed by atoms with Gasteiger partial charge in [0, 0.05) is 18.8 Å². The average molecular weight is 327 g/mol. The van der Waals surface area contributed by atoms with Gasteiger partial charge in [-0.15, -0.1) is 0 Å². The maximum Gasteiger partial charge on any atom is 0.141 e. The minimum atomic E-state index is -0.398. The SMILES string of the molecule is CC(C)C(NCc1ccc(Cl)nc1)c1ccc(F)c(Cl)c1. The van der Waals surface area contributed by atoms with Gasteiger partial charge in [-0.25, -0.2) is 9.37 Å². The molecule has 0 aliphatic rings. The van der Waals surface area contributed by atoms with Crippen LogP contribution >= 0.6 is 23.2 Å². The van der Waals surface area contributed by atoms with Crippen molar-refractivity contribution in [1.29, 1.82) is 0 Å². The first-order valence-electron chi connectivity index (χ1n) is 6.76. The summed E-state index contributed by atoms with van der Waals surface area (Å²) in [5.74, 6) is -0.0587. The minimum absolute atomic E-state index is 0.0822. The molecule has 1 aromatic heterocycles. The van der Waals surface area contributed by atoms with Crippen molar-refractivity contribution in [3.05, 3.63) is 63.6 Å². The Labute approximate surface area is 134 Å². The number of benzene rings is 1. The maximum atomic E-state index is 13.3. The number of hydrogen-bond acceptors (Lipinski definition) is 2. The Kier molecular flexibility index (Phi) is 5.57. The van der Waals surface area contributed by atoms with E-state index < -0.39 is 5.82 Å². The molecule has 2 nitrogen and oxygen atoms in total. The first-order valence-corrected chi connectivity index (χ1v) is 7.51. The predicted molar refractivity (Wildman–Crippen MR) is 85.1 cm³/mol. The number of aromatic nitrogens is 1. The lowest BCUT2D eigenvalue weighted by Gasteiger charge is -2.23. The molecule has 21 heavy (non-hydrogen) atoms. The molecule has 0 saturated heterocycles. The van der Waals surface area contributed by atoms with Gasteiger partial charge in [-0.05, 0) is 35.2 Å². The Balaban J connectivity index is 2.12. The fourth-order valence-corrected chi connectivity index (χ4v) is 2.48. The number of rotatable bonds is 5. The highest BCUT2D eigenvalue weighted by Gasteiger charge is 2.16. The van der Waals surface area contributed by atoms with Gasteiger partial charge in [-0.1, -0.05) is 49.2 Å². The molecule has 0 fully saturated rings. The smallest absolute Gasteiger partial charge is 0.141 e. The van der Waals surface area contributed by atoms with Gasteiger partial charge in [-0.2, -0.15) is 0 Å². The summed E-state index contributed by atoms with van der Waals surface area (Å²) in [4.78, 5) is 4.06. The van der Waals surface area contributed by atoms with Crippen molar-refractivity contribution in [3.63, 3.8) is 0 Å². The molecule has 112 valence electrons. The summed E-state index contributed by atoms with van der Waals surface area (Å²) in [7, 11) is 0. The van der Waals surface area contributed by atoms with Crippen LogP contribution in [0.1, 0.15) is 31.0 Å². The third kappa shape index (κ3) is 4.40. The molecule has 0 aliphatic carbocycles. The molecule has 2 aromatic rings. The number of pyridine rings is 1. The van der Waals surface area contributed by atoms with E-state index in [1.807, 2.05) is 6.07 Å². The monoisotopic (exact) mass is 326 g/mol. The van der Waals surface area contributed by atoms with Gasteiger partial charge in [0.2, 0.25) is 0 Å². The largest absolute Gasteiger partial charge is 0.306 e. The van der Waals surface area contributed by atoms with Crippen LogP contribution in [0.15, 0.2) is 36.5 Å². The first kappa shape index (κ1) is 16.2. The normalized spacial score (nSPS) is 12.7. The summed E-state index contributed by atoms with van der Waals surface area (Å²) in [6.07, 6.45) is 1.74. The van der Waals surface area contributed by atoms with E-state index in [-0.39, 0.29) is 11.1 Å². The third-order valence-electron chi connectivity index (χ3n) is 3.28. The summed E-state index contributed by atoms with van der Waals surface area (Å²) < 4.78 is 13.3. The Morgan fingerprint density at radius 1 is 1.19 bits per heavy atom. The van der Waals surface area contributed by atoms with Crippen LogP contribution in [0, 0.1) is 11.7 Å². The molecule has 1 heterocycles. The van der Waals surface area contributed by atoms with Crippen molar-refractivity contribution in [2.24, 2.45) is 5.92 Å². The molecule has 1 N–H and O–H groups in total. The fraction of sp³-hybridized carbons (Fsp3) is 0.312. The van der Waals surface area contributed by atoms with Gasteiger partial charge < -0.3 is 5.32 Å². The zero-order chi connectivity index (χ0) is 15.4. The Morgan fingerprint density at radius 3 is 2.52 bits per heavy atom. The molecule has 1 atom stereocenters. The summed E-state index contributed by atoms with van der Waals surface area (Å²) in [5, 5.41) is 4.08. The molecule has 2 rings (SSSR count). The first-order chi connectivity index (χ1) is 9.97. The molecule has 0 radical (unpaired) electrons. The number of nitrogens with zero attached hydrogens (tertiary/aromatic N) is 1. The molecule has 1 unspecified atom stereocenters. The standard InChI is InChI=1S/C16H17Cl2FN2/c1-10(2)16(12-4-5-14(19)13(17)7-12)21-9-11-3-6-15(18)20-8-11/h3-8,10,16,21H,9H2,1-2H3. The molecule has 0 aliphatic heterocycles. The topological polar surface area (TPSA) is 24.9 Å². The van der Waals surface area contributed by atoms with Crippen LogP contribution in [0.4, 0.5) is 4.39 Å². The van der Waals surface area contributed by atoms with Crippen molar-refractivity contribution < 1.29 is 4.39 Å². The lowest BCUT2D eigenvalue weighted by atomic mass is 9.96. The van der Waals surface area contributed by atoms with Crippen LogP contribution in [0.25, 0.3) is 0 Å². The van der Waals surface area contributed by atoms with Crippen LogP contribution < -0.4 is 5.32 Å². The lowest BCUT2D eigenvalue weighted by molar-refractivity contribution is 0.410. The van der Waals surface area contributed by atoms with Crippen molar-refractivity contribution in [2.75, 3.05) is 0 Å². The number of hydrogen-bond donors (Lipinski definition) is 1. The van der Waals surface area contributed by atoms with E-state index in [1.165, 1.54) is 6.07 Å². The van der Waals surface area contributed by atoms with E-state index in [4.69, 9.17) is 23.2 Å². The summed E-state index contributed by atoms with van der Waals surface area (Å²) in [5.41, 5.74) is 2.01. The second-order valence-electron chi connectivity index (χ2n) is 5.27. The van der Waals surface area contributed by atoms with Crippen molar-refractivity contribution in [2.45, 2.75) is 26.4 Å². The Hall–Kier alpha value is -1.16. The maximum absolute atomic E-state index is 13.3. The van der Waals surface area contributed by atoms with Gasteiger partial charge >= 0.3 is 0 Å². The molecule has 0 spiro atoms. The van der Waals surface area contributed by atoms with Crippen molar-refractivity contribution in [3.8, 4) is 0 Å². The molecule has 0 bridgehead atoms. The average Bonchev–Trinajstić information content (AvgIpc) is 2.44. The van der Waals surface area contributed by atoms with Crippen LogP contribution in [0.2, 0.25) is 10.2 Å². The second-order valence-corrected chi connectivity index (χ2v) is 6.06. The van der Waals surface area contributed by atoms with E-state index in [9.17, 15) is 4.39 Å². The van der Waals surface area contributed by atoms with E-state index in [0.29, 0.717) is 17.6 Å². The van der Waals surface area contributed by atoms with Crippen LogP contribution in [-0.4, -0.2) is 4.98 Å². The van der Waals surface area contributed by atoms with E-state index >= 15 is 0 Å². The van der Waals surface area contributed by atoms with E-state index in [1.54, 1.807) is 24.4 Å². The van der Waals surface area contributed by atoms with Gasteiger partial charge in [-0.3, -0.25) is 0 Å². The van der Waals surface area contributed by atoms with Gasteiger partial charge in [0.25, 0.3) is 0 Å². The molecular formula is C16H17Cl2FN2. The highest BCUT2D eigenvalue weighted by atomic mass is 35.5. The predicted octanol–water partition coefficient (Wildman–Crippen LogP) is 5.01. The van der Waals surface area contributed by atoms with Gasteiger partial charge in [0.15, 0.2) is 0 Å². The molecule has 0 amide bonds. The zero-order valence-electron chi connectivity index (χ0n) is 11.9. The Bertz CT molecular complexity index is 600. The van der Waals surface area contributed by atoms with Crippen molar-refractivity contribution >= 4 is 23.2 Å². The third-order valence-corrected chi connectivity index (χ3v) is 3.80. The summed E-state index contributed by atoms with van der Waals surface area (Å²) in [6, 6.07) is 8.61. The highest BCUT2D eigenvalue weighted by Crippen LogP contribution is 2.26. The Morgan fingerprint density at radius 2 is 1.95 bits per heavy atom. The minimum Gasteiger partial charge on any atom is -0.306 e. The molecular weight excluding hydrogens is 310 g/mol. The summed E-state index contributed by atoms with van der Waals surface area (Å²) in [6.45, 7) is 4.87. The quantitative estimate of drug-likeness (QED) is 0.781. The summed E-state index contributed by atoms with van der Waals surface area (Å²) >= 11 is 11.6. The van der Waals surface area contributed by atoms with Crippen LogP contribution in [-0.2, 0) is 6.54 Å². The molecule has 5 heteroatoms. The lowest BCUT2D eigenvalue weighted by Crippen LogP contribution is -2.25. The van der Waals surface area contributed by atoms with Crippen molar-refractivity contribution in [1.82, 2.24) is 10.3 Å². The van der Waals surface area contributed by atoms with Crippen LogP contribution in [0.5, 0.6) is 0 Å². The van der Waals surface area contributed by atoms with Gasteiger partial charge in [0.05, 0.1) is 5.02 Å². The van der Waals surface area contributed by atoms with Gasteiger partial charge in [0.1, 0.15) is 11.0 Å². The highest BCUT2D eigenvalue weighted by molar-refractivity contribution is 6.30. The van der Waals surface area contributed by atoms with E-state index in [2.05, 4.69) is 24.1 Å². The number of nitrogens with one attached hydrogen (secondary N) is 1. The second kappa shape index (κ2) is 7.21. The van der Waals surface area contributed by atoms with Crippen LogP contribution in [0.3, 0.4) is 0 Å². The van der Waals surface area contributed by atoms with E-state index in [0.717, 1.165) is 11.1 Å². The zero-order valence-corrected chi connectivity index (χ0v) is 13.4. The molecule has 1 aromatic carbocycles.